The highest BCUT2D eigenvalue weighted by Crippen LogP contribution is 2.42. The molecule has 1 aromatic carbocycles. The molecule has 2 unspecified atom stereocenters. The van der Waals surface area contributed by atoms with Crippen LogP contribution in [0.25, 0.3) is 0 Å². The van der Waals surface area contributed by atoms with Crippen molar-refractivity contribution < 1.29 is 23.5 Å². The van der Waals surface area contributed by atoms with Gasteiger partial charge in [-0.15, -0.1) is 11.8 Å². The summed E-state index contributed by atoms with van der Waals surface area (Å²) in [5.41, 5.74) is 0.884. The van der Waals surface area contributed by atoms with Crippen molar-refractivity contribution >= 4 is 23.6 Å². The molecule has 7 nitrogen and oxygen atoms in total. The Hall–Kier alpha value is -2.61. The van der Waals surface area contributed by atoms with Gasteiger partial charge in [0.15, 0.2) is 11.5 Å². The maximum atomic E-state index is 12.6. The predicted octanol–water partition coefficient (Wildman–Crippen LogP) is 2.58. The fraction of sp³-hybridized carbons (Fsp3) is 0.368. The van der Waals surface area contributed by atoms with Gasteiger partial charge in [0.2, 0.25) is 11.8 Å². The molecule has 1 aliphatic rings. The largest absolute Gasteiger partial charge is 0.493 e. The van der Waals surface area contributed by atoms with E-state index in [2.05, 4.69) is 5.32 Å². The van der Waals surface area contributed by atoms with Gasteiger partial charge in [0.25, 0.3) is 0 Å². The summed E-state index contributed by atoms with van der Waals surface area (Å²) in [5.74, 6) is 1.90. The molecule has 0 saturated carbocycles. The zero-order valence-corrected chi connectivity index (χ0v) is 16.2. The van der Waals surface area contributed by atoms with Crippen molar-refractivity contribution in [3.8, 4) is 11.5 Å². The predicted molar refractivity (Wildman–Crippen MR) is 102 cm³/mol. The van der Waals surface area contributed by atoms with Crippen molar-refractivity contribution in [1.29, 1.82) is 0 Å². The summed E-state index contributed by atoms with van der Waals surface area (Å²) in [5, 5.41) is 2.55. The molecule has 0 radical (unpaired) electrons. The van der Waals surface area contributed by atoms with Crippen LogP contribution >= 0.6 is 11.8 Å². The number of methoxy groups -OCH3 is 2. The van der Waals surface area contributed by atoms with Crippen LogP contribution in [0.1, 0.15) is 23.6 Å². The lowest BCUT2D eigenvalue weighted by Crippen LogP contribution is -2.46. The Morgan fingerprint density at radius 1 is 1.33 bits per heavy atom. The van der Waals surface area contributed by atoms with Crippen molar-refractivity contribution in [2.45, 2.75) is 24.9 Å². The van der Waals surface area contributed by atoms with Gasteiger partial charge in [0, 0.05) is 0 Å². The van der Waals surface area contributed by atoms with Gasteiger partial charge in [-0.05, 0) is 36.8 Å². The molecule has 1 fully saturated rings. The molecule has 0 aliphatic carbocycles. The van der Waals surface area contributed by atoms with Crippen molar-refractivity contribution in [2.75, 3.05) is 20.0 Å². The average Bonchev–Trinajstić information content (AvgIpc) is 3.34. The molecule has 1 aliphatic heterocycles. The van der Waals surface area contributed by atoms with E-state index >= 15 is 0 Å². The van der Waals surface area contributed by atoms with E-state index in [9.17, 15) is 9.59 Å². The summed E-state index contributed by atoms with van der Waals surface area (Å²) in [6.07, 6.45) is 1.55. The number of ether oxygens (including phenoxy) is 2. The number of amides is 2. The number of carbonyl (C=O) groups is 2. The highest BCUT2D eigenvalue weighted by molar-refractivity contribution is 8.00. The number of hydrogen-bond acceptors (Lipinski definition) is 6. The minimum Gasteiger partial charge on any atom is -0.493 e. The number of nitrogens with zero attached hydrogens (tertiary/aromatic N) is 1. The zero-order chi connectivity index (χ0) is 19.4. The Morgan fingerprint density at radius 2 is 2.11 bits per heavy atom. The number of nitrogens with one attached hydrogen (secondary N) is 1. The molecule has 2 aromatic rings. The SMILES string of the molecule is COc1ccc(C2SCC(=O)N2C(C)C(=O)NCc2ccco2)cc1OC. The molecule has 8 heteroatoms. The van der Waals surface area contributed by atoms with Gasteiger partial charge < -0.3 is 24.1 Å². The van der Waals surface area contributed by atoms with Gasteiger partial charge >= 0.3 is 0 Å². The van der Waals surface area contributed by atoms with Crippen LogP contribution in [-0.4, -0.2) is 42.7 Å². The number of benzene rings is 1. The second-order valence-corrected chi connectivity index (χ2v) is 7.12. The molecule has 3 rings (SSSR count). The molecule has 0 bridgehead atoms. The summed E-state index contributed by atoms with van der Waals surface area (Å²) in [7, 11) is 3.14. The Kier molecular flexibility index (Phi) is 5.95. The fourth-order valence-corrected chi connectivity index (χ4v) is 4.23. The van der Waals surface area contributed by atoms with E-state index in [0.29, 0.717) is 23.0 Å². The van der Waals surface area contributed by atoms with Crippen LogP contribution in [0.4, 0.5) is 0 Å². The zero-order valence-electron chi connectivity index (χ0n) is 15.4. The van der Waals surface area contributed by atoms with Crippen molar-refractivity contribution in [1.82, 2.24) is 10.2 Å². The smallest absolute Gasteiger partial charge is 0.242 e. The molecule has 1 aromatic heterocycles. The summed E-state index contributed by atoms with van der Waals surface area (Å²) in [6, 6.07) is 8.47. The molecular weight excluding hydrogens is 368 g/mol. The van der Waals surface area contributed by atoms with Crippen LogP contribution < -0.4 is 14.8 Å². The second kappa shape index (κ2) is 8.39. The summed E-state index contributed by atoms with van der Waals surface area (Å²) in [6.45, 7) is 2.02. The first-order valence-electron chi connectivity index (χ1n) is 8.50. The quantitative estimate of drug-likeness (QED) is 0.783. The Labute approximate surface area is 162 Å². The summed E-state index contributed by atoms with van der Waals surface area (Å²) >= 11 is 1.49. The minimum atomic E-state index is -0.611. The molecule has 1 N–H and O–H groups in total. The maximum absolute atomic E-state index is 12.6. The fourth-order valence-electron chi connectivity index (χ4n) is 2.98. The Bertz CT molecular complexity index is 808. The van der Waals surface area contributed by atoms with Crippen LogP contribution in [0.3, 0.4) is 0 Å². The standard InChI is InChI=1S/C19H22N2O5S/c1-12(18(23)20-10-14-5-4-8-26-14)21-17(22)11-27-19(21)13-6-7-15(24-2)16(9-13)25-3/h4-9,12,19H,10-11H2,1-3H3,(H,20,23). The van der Waals surface area contributed by atoms with E-state index in [4.69, 9.17) is 13.9 Å². The first-order valence-corrected chi connectivity index (χ1v) is 9.54. The number of rotatable bonds is 7. The molecule has 2 atom stereocenters. The minimum absolute atomic E-state index is 0.0690. The van der Waals surface area contributed by atoms with Gasteiger partial charge in [-0.3, -0.25) is 9.59 Å². The topological polar surface area (TPSA) is 81.0 Å². The number of hydrogen-bond donors (Lipinski definition) is 1. The number of thioether (sulfide) groups is 1. The molecular formula is C19H22N2O5S. The van der Waals surface area contributed by atoms with Gasteiger partial charge in [-0.1, -0.05) is 6.07 Å². The van der Waals surface area contributed by atoms with Crippen molar-refractivity contribution in [3.05, 3.63) is 47.9 Å². The summed E-state index contributed by atoms with van der Waals surface area (Å²) < 4.78 is 15.9. The molecule has 2 heterocycles. The van der Waals surface area contributed by atoms with Crippen LogP contribution in [0.15, 0.2) is 41.0 Å². The van der Waals surface area contributed by atoms with Gasteiger partial charge in [0.05, 0.1) is 32.8 Å². The van der Waals surface area contributed by atoms with E-state index in [-0.39, 0.29) is 23.7 Å². The normalized spacial score (nSPS) is 17.7. The summed E-state index contributed by atoms with van der Waals surface area (Å²) in [4.78, 5) is 26.7. The highest BCUT2D eigenvalue weighted by atomic mass is 32.2. The van der Waals surface area contributed by atoms with E-state index in [1.54, 1.807) is 50.5 Å². The van der Waals surface area contributed by atoms with E-state index in [1.807, 2.05) is 12.1 Å². The molecule has 0 spiro atoms. The Balaban J connectivity index is 1.76. The average molecular weight is 390 g/mol. The molecule has 1 saturated heterocycles. The lowest BCUT2D eigenvalue weighted by molar-refractivity contribution is -0.138. The monoisotopic (exact) mass is 390 g/mol. The van der Waals surface area contributed by atoms with Crippen molar-refractivity contribution in [3.63, 3.8) is 0 Å². The highest BCUT2D eigenvalue weighted by Gasteiger charge is 2.39. The number of carbonyl (C=O) groups excluding carboxylic acids is 2. The number of furan rings is 1. The van der Waals surface area contributed by atoms with Crippen LogP contribution in [0.2, 0.25) is 0 Å². The first-order chi connectivity index (χ1) is 13.0. The molecule has 144 valence electrons. The third-order valence-electron chi connectivity index (χ3n) is 4.41. The maximum Gasteiger partial charge on any atom is 0.242 e. The third-order valence-corrected chi connectivity index (χ3v) is 5.64. The van der Waals surface area contributed by atoms with Crippen molar-refractivity contribution in [2.24, 2.45) is 0 Å². The van der Waals surface area contributed by atoms with E-state index < -0.39 is 6.04 Å². The van der Waals surface area contributed by atoms with Crippen LogP contribution in [-0.2, 0) is 16.1 Å². The van der Waals surface area contributed by atoms with Crippen LogP contribution in [0.5, 0.6) is 11.5 Å². The first kappa shape index (κ1) is 19.2. The van der Waals surface area contributed by atoms with Crippen LogP contribution in [0, 0.1) is 0 Å². The second-order valence-electron chi connectivity index (χ2n) is 6.05. The van der Waals surface area contributed by atoms with Gasteiger partial charge in [-0.25, -0.2) is 0 Å². The Morgan fingerprint density at radius 3 is 2.78 bits per heavy atom. The van der Waals surface area contributed by atoms with E-state index in [0.717, 1.165) is 5.56 Å². The lowest BCUT2D eigenvalue weighted by atomic mass is 10.1. The van der Waals surface area contributed by atoms with Gasteiger partial charge in [-0.2, -0.15) is 0 Å². The van der Waals surface area contributed by atoms with Gasteiger partial charge in [0.1, 0.15) is 17.2 Å². The third kappa shape index (κ3) is 4.05. The van der Waals surface area contributed by atoms with E-state index in [1.165, 1.54) is 11.8 Å². The lowest BCUT2D eigenvalue weighted by Gasteiger charge is -2.29. The molecule has 2 amide bonds. The molecule has 27 heavy (non-hydrogen) atoms.